The van der Waals surface area contributed by atoms with Gasteiger partial charge < -0.3 is 14.2 Å². The lowest BCUT2D eigenvalue weighted by atomic mass is 10.1. The first-order chi connectivity index (χ1) is 11.9. The van der Waals surface area contributed by atoms with Gasteiger partial charge in [-0.05, 0) is 59.9 Å². The van der Waals surface area contributed by atoms with Gasteiger partial charge in [0.2, 0.25) is 5.78 Å². The summed E-state index contributed by atoms with van der Waals surface area (Å²) in [4.78, 5) is 24.7. The predicted octanol–water partition coefficient (Wildman–Crippen LogP) is 3.05. The minimum Gasteiger partial charge on any atom is -0.611 e. The molecule has 1 N–H and O–H groups in total. The van der Waals surface area contributed by atoms with Crippen molar-refractivity contribution in [1.29, 1.82) is 0 Å². The molecule has 2 unspecified atom stereocenters. The number of fused-ring (bicyclic) bond motifs is 1. The van der Waals surface area contributed by atoms with E-state index in [0.717, 1.165) is 4.90 Å². The molecular weight excluding hydrogens is 338 g/mol. The van der Waals surface area contributed by atoms with Crippen LogP contribution in [0.2, 0.25) is 0 Å². The van der Waals surface area contributed by atoms with Gasteiger partial charge in [-0.25, -0.2) is 0 Å². The molecule has 0 saturated carbocycles. The number of ketones is 1. The maximum Gasteiger partial charge on any atom is 0.312 e. The smallest absolute Gasteiger partial charge is 0.312 e. The van der Waals surface area contributed by atoms with Gasteiger partial charge in [0.15, 0.2) is 4.90 Å². The number of hydrogen-bond donors (Lipinski definition) is 1. The highest BCUT2D eigenvalue weighted by Crippen LogP contribution is 2.31. The van der Waals surface area contributed by atoms with Gasteiger partial charge in [-0.1, -0.05) is 13.8 Å². The van der Waals surface area contributed by atoms with Gasteiger partial charge in [0, 0.05) is 17.8 Å². The van der Waals surface area contributed by atoms with Crippen molar-refractivity contribution in [3.63, 3.8) is 0 Å². The fraction of sp³-hybridized carbons (Fsp3) is 0.368. The summed E-state index contributed by atoms with van der Waals surface area (Å²) in [7, 11) is 0. The largest absolute Gasteiger partial charge is 0.611 e. The highest BCUT2D eigenvalue weighted by atomic mass is 32.2. The predicted molar refractivity (Wildman–Crippen MR) is 95.4 cm³/mol. The standard InChI is InChI=1S/C19H21NO4S/c1-12(2)11-25(24)14-5-3-13(4-6-14)18(21)17-8-7-16-15(19(22)23)9-10-20(16)17/h3-8,12,15H,9-11H2,1-2H3,(H,22,23). The molecule has 2 aromatic rings. The molecule has 0 bridgehead atoms. The van der Waals surface area contributed by atoms with Crippen LogP contribution in [0.25, 0.3) is 0 Å². The van der Waals surface area contributed by atoms with E-state index in [0.29, 0.717) is 41.6 Å². The van der Waals surface area contributed by atoms with Crippen molar-refractivity contribution in [2.75, 3.05) is 5.75 Å². The third-order valence-electron chi connectivity index (χ3n) is 4.41. The van der Waals surface area contributed by atoms with E-state index in [4.69, 9.17) is 0 Å². The molecule has 1 aromatic carbocycles. The number of benzene rings is 1. The Morgan fingerprint density at radius 3 is 2.52 bits per heavy atom. The van der Waals surface area contributed by atoms with E-state index in [1.165, 1.54) is 0 Å². The van der Waals surface area contributed by atoms with Crippen LogP contribution < -0.4 is 0 Å². The average molecular weight is 359 g/mol. The third-order valence-corrected chi connectivity index (χ3v) is 6.18. The van der Waals surface area contributed by atoms with Gasteiger partial charge in [0.05, 0.1) is 11.6 Å². The number of carboxylic acid groups (broad SMARTS) is 1. The summed E-state index contributed by atoms with van der Waals surface area (Å²) in [6.45, 7) is 4.58. The molecule has 0 aliphatic carbocycles. The topological polar surface area (TPSA) is 82.4 Å². The van der Waals surface area contributed by atoms with Crippen LogP contribution in [0.15, 0.2) is 41.3 Å². The molecule has 132 valence electrons. The number of nitrogens with zero attached hydrogens (tertiary/aromatic N) is 1. The van der Waals surface area contributed by atoms with Crippen LogP contribution in [-0.4, -0.2) is 31.7 Å². The molecule has 2 heterocycles. The normalized spacial score (nSPS) is 17.5. The lowest BCUT2D eigenvalue weighted by molar-refractivity contribution is -0.138. The molecule has 2 atom stereocenters. The van der Waals surface area contributed by atoms with E-state index in [-0.39, 0.29) is 5.78 Å². The first kappa shape index (κ1) is 17.8. The lowest BCUT2D eigenvalue weighted by Crippen LogP contribution is -2.13. The first-order valence-corrected chi connectivity index (χ1v) is 9.65. The van der Waals surface area contributed by atoms with Crippen LogP contribution >= 0.6 is 0 Å². The van der Waals surface area contributed by atoms with E-state index in [1.54, 1.807) is 41.0 Å². The maximum atomic E-state index is 12.8. The molecule has 1 aliphatic heterocycles. The van der Waals surface area contributed by atoms with Gasteiger partial charge in [0.1, 0.15) is 5.75 Å². The number of carbonyl (C=O) groups excluding carboxylic acids is 1. The third kappa shape index (κ3) is 3.50. The van der Waals surface area contributed by atoms with Crippen molar-refractivity contribution in [2.45, 2.75) is 37.6 Å². The van der Waals surface area contributed by atoms with Crippen molar-refractivity contribution in [3.8, 4) is 0 Å². The van der Waals surface area contributed by atoms with Crippen LogP contribution in [0.3, 0.4) is 0 Å². The number of hydrogen-bond acceptors (Lipinski definition) is 3. The van der Waals surface area contributed by atoms with Gasteiger partial charge in [0.25, 0.3) is 0 Å². The second-order valence-electron chi connectivity index (χ2n) is 6.73. The summed E-state index contributed by atoms with van der Waals surface area (Å²) in [5.74, 6) is -0.600. The summed E-state index contributed by atoms with van der Waals surface area (Å²) in [5, 5.41) is 9.24. The Morgan fingerprint density at radius 2 is 1.92 bits per heavy atom. The molecule has 6 heteroatoms. The van der Waals surface area contributed by atoms with Crippen LogP contribution in [0, 0.1) is 5.92 Å². The number of rotatable bonds is 6. The van der Waals surface area contributed by atoms with E-state index in [9.17, 15) is 19.2 Å². The van der Waals surface area contributed by atoms with Crippen molar-refractivity contribution in [3.05, 3.63) is 53.3 Å². The van der Waals surface area contributed by atoms with E-state index >= 15 is 0 Å². The monoisotopic (exact) mass is 359 g/mol. The molecule has 0 fully saturated rings. The summed E-state index contributed by atoms with van der Waals surface area (Å²) in [6.07, 6.45) is 0.513. The van der Waals surface area contributed by atoms with E-state index < -0.39 is 23.1 Å². The van der Waals surface area contributed by atoms with Gasteiger partial charge in [-0.15, -0.1) is 0 Å². The van der Waals surface area contributed by atoms with Crippen molar-refractivity contribution in [1.82, 2.24) is 4.57 Å². The average Bonchev–Trinajstić information content (AvgIpc) is 3.15. The highest BCUT2D eigenvalue weighted by Gasteiger charge is 2.31. The molecule has 5 nitrogen and oxygen atoms in total. The second kappa shape index (κ2) is 7.06. The Balaban J connectivity index is 1.81. The molecule has 1 aromatic heterocycles. The Hall–Kier alpha value is -2.05. The SMILES string of the molecule is CC(C)C[S+]([O-])c1ccc(C(=O)c2ccc3n2CCC3C(=O)O)cc1. The van der Waals surface area contributed by atoms with Crippen molar-refractivity contribution < 1.29 is 19.2 Å². The Morgan fingerprint density at radius 1 is 1.24 bits per heavy atom. The Bertz CT molecular complexity index is 794. The minimum atomic E-state index is -1.06. The number of carbonyl (C=O) groups is 2. The molecule has 0 radical (unpaired) electrons. The fourth-order valence-electron chi connectivity index (χ4n) is 3.20. The zero-order valence-electron chi connectivity index (χ0n) is 14.3. The Labute approximate surface area is 149 Å². The summed E-state index contributed by atoms with van der Waals surface area (Å²) in [5.41, 5.74) is 1.71. The van der Waals surface area contributed by atoms with Gasteiger partial charge >= 0.3 is 5.97 Å². The van der Waals surface area contributed by atoms with Crippen LogP contribution in [0.1, 0.15) is 47.9 Å². The zero-order valence-corrected chi connectivity index (χ0v) is 15.1. The highest BCUT2D eigenvalue weighted by molar-refractivity contribution is 7.91. The molecule has 0 saturated heterocycles. The maximum absolute atomic E-state index is 12.8. The van der Waals surface area contributed by atoms with Crippen LogP contribution in [0.5, 0.6) is 0 Å². The first-order valence-electron chi connectivity index (χ1n) is 8.34. The molecule has 0 amide bonds. The molecule has 3 rings (SSSR count). The quantitative estimate of drug-likeness (QED) is 0.635. The summed E-state index contributed by atoms with van der Waals surface area (Å²) >= 11 is -1.06. The second-order valence-corrected chi connectivity index (χ2v) is 8.23. The van der Waals surface area contributed by atoms with Gasteiger partial charge in [-0.3, -0.25) is 9.59 Å². The van der Waals surface area contributed by atoms with E-state index in [2.05, 4.69) is 0 Å². The van der Waals surface area contributed by atoms with Crippen LogP contribution in [0.4, 0.5) is 0 Å². The fourth-order valence-corrected chi connectivity index (χ4v) is 4.43. The number of aliphatic carboxylic acids is 1. The van der Waals surface area contributed by atoms with Crippen molar-refractivity contribution >= 4 is 22.9 Å². The zero-order chi connectivity index (χ0) is 18.1. The Kier molecular flexibility index (Phi) is 5.01. The summed E-state index contributed by atoms with van der Waals surface area (Å²) < 4.78 is 14.0. The van der Waals surface area contributed by atoms with Crippen LogP contribution in [-0.2, 0) is 22.5 Å². The number of aromatic nitrogens is 1. The number of carboxylic acids is 1. The minimum absolute atomic E-state index is 0.140. The summed E-state index contributed by atoms with van der Waals surface area (Å²) in [6, 6.07) is 10.3. The molecule has 0 spiro atoms. The molecule has 1 aliphatic rings. The molecular formula is C19H21NO4S. The van der Waals surface area contributed by atoms with E-state index in [1.807, 2.05) is 13.8 Å². The van der Waals surface area contributed by atoms with Gasteiger partial charge in [-0.2, -0.15) is 0 Å². The lowest BCUT2D eigenvalue weighted by Gasteiger charge is -2.12. The molecule has 25 heavy (non-hydrogen) atoms. The van der Waals surface area contributed by atoms with Crippen molar-refractivity contribution in [2.24, 2.45) is 5.92 Å².